The van der Waals surface area contributed by atoms with Crippen LogP contribution >= 0.6 is 0 Å². The van der Waals surface area contributed by atoms with Crippen LogP contribution < -0.4 is 10.2 Å². The van der Waals surface area contributed by atoms with Gasteiger partial charge >= 0.3 is 102 Å². The number of aliphatic carboxylic acids is 2. The molecule has 0 bridgehead atoms. The second-order valence-electron chi connectivity index (χ2n) is 8.43. The molecule has 184 valence electrons. The molecule has 0 fully saturated rings. The van der Waals surface area contributed by atoms with Crippen LogP contribution in [0.25, 0.3) is 0 Å². The maximum absolute atomic E-state index is 11.4. The average Bonchev–Trinajstić information content (AvgIpc) is 2.93. The van der Waals surface area contributed by atoms with Crippen molar-refractivity contribution >= 4 is 33.1 Å². The summed E-state index contributed by atoms with van der Waals surface area (Å²) in [4.78, 5) is 22.8. The number of rotatable bonds is 10. The van der Waals surface area contributed by atoms with Crippen molar-refractivity contribution in [1.29, 1.82) is 0 Å². The molecule has 0 aliphatic heterocycles. The Labute approximate surface area is 228 Å². The zero-order chi connectivity index (χ0) is 26.3. The molecule has 37 heavy (non-hydrogen) atoms. The predicted molar refractivity (Wildman–Crippen MR) is 143 cm³/mol. The number of carbonyl (C=O) groups excluding carboxylic acids is 2. The molecule has 4 aromatic rings. The number of carboxylic acid groups (broad SMARTS) is 2. The number of carbonyl (C=O) groups is 2. The van der Waals surface area contributed by atoms with Gasteiger partial charge in [0.25, 0.3) is 0 Å². The van der Waals surface area contributed by atoms with Gasteiger partial charge in [-0.2, -0.15) is 0 Å². The van der Waals surface area contributed by atoms with E-state index in [1.807, 2.05) is 0 Å². The molecule has 5 heteroatoms. The van der Waals surface area contributed by atoms with E-state index >= 15 is 0 Å². The third-order valence-corrected chi connectivity index (χ3v) is 9.41. The summed E-state index contributed by atoms with van der Waals surface area (Å²) >= 11 is -0.258. The Morgan fingerprint density at radius 3 is 1.00 bits per heavy atom. The standard InChI is InChI=1S/C18H16O4.2C7H7.Sn/c19-17(20)15(11-13-7-3-1-4-8-13)16(18(21)22)12-14-9-5-2-6-10-14;2*1-7-5-3-2-4-6-7;/h1-10H,11-12H2,(H,19,20)(H,21,22);2*2-6H,1H2;/q;;;+2/p-2. The predicted octanol–water partition coefficient (Wildman–Crippen LogP) is 3.36. The molecule has 0 spiro atoms. The first-order valence-corrected chi connectivity index (χ1v) is 16.1. The van der Waals surface area contributed by atoms with E-state index in [4.69, 9.17) is 0 Å². The van der Waals surface area contributed by atoms with Crippen molar-refractivity contribution in [3.63, 3.8) is 0 Å². The molecule has 0 unspecified atom stereocenters. The van der Waals surface area contributed by atoms with Crippen molar-refractivity contribution in [2.75, 3.05) is 0 Å². The van der Waals surface area contributed by atoms with Gasteiger partial charge in [-0.3, -0.25) is 0 Å². The molecule has 0 aliphatic carbocycles. The Hall–Kier alpha value is -3.64. The van der Waals surface area contributed by atoms with Crippen LogP contribution in [0.2, 0.25) is 0 Å². The third-order valence-electron chi connectivity index (χ3n) is 5.65. The Morgan fingerprint density at radius 1 is 0.459 bits per heavy atom. The molecule has 0 heterocycles. The van der Waals surface area contributed by atoms with E-state index in [9.17, 15) is 19.8 Å². The van der Waals surface area contributed by atoms with Crippen LogP contribution in [-0.4, -0.2) is 33.1 Å². The Morgan fingerprint density at radius 2 is 0.730 bits per heavy atom. The normalized spacial score (nSPS) is 10.8. The van der Waals surface area contributed by atoms with Crippen molar-refractivity contribution in [2.45, 2.75) is 21.7 Å². The monoisotopic (exact) mass is 596 g/mol. The van der Waals surface area contributed by atoms with Crippen LogP contribution in [-0.2, 0) is 31.3 Å². The first-order valence-electron chi connectivity index (χ1n) is 12.0. The summed E-state index contributed by atoms with van der Waals surface area (Å²) < 4.78 is 2.69. The van der Waals surface area contributed by atoms with Crippen LogP contribution in [0.4, 0.5) is 0 Å². The summed E-state index contributed by atoms with van der Waals surface area (Å²) in [7, 11) is 0. The quantitative estimate of drug-likeness (QED) is 0.208. The molecule has 0 saturated heterocycles. The van der Waals surface area contributed by atoms with E-state index < -0.39 is 11.9 Å². The van der Waals surface area contributed by atoms with Crippen LogP contribution in [0.5, 0.6) is 0 Å². The van der Waals surface area contributed by atoms with Gasteiger partial charge in [0.1, 0.15) is 0 Å². The van der Waals surface area contributed by atoms with E-state index in [0.29, 0.717) is 11.1 Å². The van der Waals surface area contributed by atoms with Crippen molar-refractivity contribution in [2.24, 2.45) is 0 Å². The molecular weight excluding hydrogens is 567 g/mol. The maximum atomic E-state index is 11.4. The van der Waals surface area contributed by atoms with Gasteiger partial charge in [-0.15, -0.1) is 0 Å². The summed E-state index contributed by atoms with van der Waals surface area (Å²) in [6, 6.07) is 39.3. The second kappa shape index (κ2) is 15.5. The zero-order valence-electron chi connectivity index (χ0n) is 20.5. The summed E-state index contributed by atoms with van der Waals surface area (Å²) in [5.74, 6) is -2.97. The Kier molecular flexibility index (Phi) is 11.7. The van der Waals surface area contributed by atoms with E-state index in [1.54, 1.807) is 60.7 Å². The number of carboxylic acids is 2. The summed E-state index contributed by atoms with van der Waals surface area (Å²) in [6.07, 6.45) is -0.0291. The number of benzene rings is 4. The Balaban J connectivity index is 0.000000220. The van der Waals surface area contributed by atoms with Gasteiger partial charge in [0.2, 0.25) is 0 Å². The summed E-state index contributed by atoms with van der Waals surface area (Å²) in [5, 5.41) is 22.8. The van der Waals surface area contributed by atoms with Gasteiger partial charge in [-0.05, 0) is 35.1 Å². The molecule has 0 radical (unpaired) electrons. The van der Waals surface area contributed by atoms with Gasteiger partial charge in [0.15, 0.2) is 0 Å². The topological polar surface area (TPSA) is 80.3 Å². The zero-order valence-corrected chi connectivity index (χ0v) is 23.4. The van der Waals surface area contributed by atoms with E-state index in [0.717, 1.165) is 0 Å². The SMILES string of the molecule is O=C([O-])C(Cc1ccccc1)=C(Cc1ccccc1)C(=O)[O-].c1ccc([CH2][Sn+2][CH2]c2ccccc2)cc1. The number of hydrogen-bond acceptors (Lipinski definition) is 4. The number of hydrogen-bond donors (Lipinski definition) is 0. The molecule has 0 aromatic heterocycles. The molecule has 0 N–H and O–H groups in total. The third kappa shape index (κ3) is 10.1. The van der Waals surface area contributed by atoms with Crippen molar-refractivity contribution in [1.82, 2.24) is 0 Å². The summed E-state index contributed by atoms with van der Waals surface area (Å²) in [6.45, 7) is 0. The van der Waals surface area contributed by atoms with E-state index in [1.165, 1.54) is 20.0 Å². The molecule has 0 amide bonds. The van der Waals surface area contributed by atoms with Gasteiger partial charge < -0.3 is 19.8 Å². The fourth-order valence-electron chi connectivity index (χ4n) is 3.75. The van der Waals surface area contributed by atoms with Crippen LogP contribution in [0.3, 0.4) is 0 Å². The van der Waals surface area contributed by atoms with Gasteiger partial charge in [0.05, 0.1) is 11.9 Å². The van der Waals surface area contributed by atoms with Gasteiger partial charge in [0, 0.05) is 0 Å². The molecule has 0 aliphatic rings. The van der Waals surface area contributed by atoms with Crippen molar-refractivity contribution < 1.29 is 19.8 Å². The van der Waals surface area contributed by atoms with E-state index in [2.05, 4.69) is 60.7 Å². The Bertz CT molecular complexity index is 1170. The van der Waals surface area contributed by atoms with Crippen LogP contribution in [0.15, 0.2) is 132 Å². The average molecular weight is 595 g/mol. The second-order valence-corrected chi connectivity index (χ2v) is 11.9. The molecule has 0 atom stereocenters. The van der Waals surface area contributed by atoms with Gasteiger partial charge in [-0.25, -0.2) is 0 Å². The fourth-order valence-corrected chi connectivity index (χ4v) is 7.10. The fraction of sp³-hybridized carbons (Fsp3) is 0.125. The molecule has 4 rings (SSSR count). The first-order chi connectivity index (χ1) is 18.0. The molecule has 0 saturated carbocycles. The minimum atomic E-state index is -1.49. The van der Waals surface area contributed by atoms with Crippen LogP contribution in [0, 0.1) is 0 Å². The minimum absolute atomic E-state index is 0.0146. The van der Waals surface area contributed by atoms with Crippen LogP contribution in [0.1, 0.15) is 22.3 Å². The van der Waals surface area contributed by atoms with E-state index in [-0.39, 0.29) is 45.1 Å². The van der Waals surface area contributed by atoms with Gasteiger partial charge in [-0.1, -0.05) is 60.7 Å². The first kappa shape index (κ1) is 27.9. The van der Waals surface area contributed by atoms with Crippen molar-refractivity contribution in [3.05, 3.63) is 155 Å². The molecule has 4 nitrogen and oxygen atoms in total. The van der Waals surface area contributed by atoms with Crippen molar-refractivity contribution in [3.8, 4) is 0 Å². The molecule has 4 aromatic carbocycles. The molecular formula is C32H28O4Sn. The summed E-state index contributed by atoms with van der Waals surface area (Å²) in [5.41, 5.74) is 3.92.